The van der Waals surface area contributed by atoms with Crippen molar-refractivity contribution in [1.82, 2.24) is 9.97 Å². The van der Waals surface area contributed by atoms with Crippen LogP contribution >= 0.6 is 0 Å². The Morgan fingerprint density at radius 2 is 2.00 bits per heavy atom. The monoisotopic (exact) mass is 396 g/mol. The number of nitrogens with zero attached hydrogens (tertiary/aromatic N) is 2. The fourth-order valence-electron chi connectivity index (χ4n) is 2.65. The van der Waals surface area contributed by atoms with Crippen LogP contribution in [-0.2, 0) is 4.79 Å². The summed E-state index contributed by atoms with van der Waals surface area (Å²) in [5, 5.41) is 12.9. The summed E-state index contributed by atoms with van der Waals surface area (Å²) in [4.78, 5) is 20.5. The summed E-state index contributed by atoms with van der Waals surface area (Å²) in [6, 6.07) is 11.9. The second kappa shape index (κ2) is 9.11. The lowest BCUT2D eigenvalue weighted by Gasteiger charge is -2.16. The van der Waals surface area contributed by atoms with Crippen LogP contribution in [-0.4, -0.2) is 27.6 Å². The van der Waals surface area contributed by atoms with E-state index in [-0.39, 0.29) is 11.5 Å². The molecular formula is C21H21FN4O3. The molecule has 1 amide bonds. The first-order valence-corrected chi connectivity index (χ1v) is 9.08. The summed E-state index contributed by atoms with van der Waals surface area (Å²) < 4.78 is 18.8. The van der Waals surface area contributed by atoms with E-state index in [0.717, 1.165) is 12.0 Å². The molecule has 4 N–H and O–H groups in total. The van der Waals surface area contributed by atoms with E-state index >= 15 is 0 Å². The Bertz CT molecular complexity index is 995. The molecular weight excluding hydrogens is 375 g/mol. The van der Waals surface area contributed by atoms with Crippen molar-refractivity contribution >= 4 is 17.5 Å². The number of aliphatic hydroxyl groups is 1. The molecule has 0 radical (unpaired) electrons. The molecule has 29 heavy (non-hydrogen) atoms. The van der Waals surface area contributed by atoms with E-state index in [1.54, 1.807) is 30.5 Å². The zero-order valence-corrected chi connectivity index (χ0v) is 15.8. The molecule has 3 rings (SSSR count). The molecule has 1 unspecified atom stereocenters. The van der Waals surface area contributed by atoms with Crippen molar-refractivity contribution < 1.29 is 19.0 Å². The number of benzene rings is 2. The number of ether oxygens (including phenoxy) is 1. The SMILES string of the molecule is CCCOc1cc(-c2ccnc(N)n2)ccc1NC(=O)C(O)c1ccc(F)cc1. The standard InChI is InChI=1S/C21H21FN4O3/c1-2-11-29-18-12-14(16-9-10-24-21(23)26-16)5-8-17(18)25-20(28)19(27)13-3-6-15(22)7-4-13/h3-10,12,19,27H,2,11H2,1H3,(H,25,28)(H2,23,24,26). The maximum Gasteiger partial charge on any atom is 0.257 e. The van der Waals surface area contributed by atoms with Crippen molar-refractivity contribution in [3.05, 3.63) is 66.1 Å². The van der Waals surface area contributed by atoms with Gasteiger partial charge >= 0.3 is 0 Å². The van der Waals surface area contributed by atoms with Crippen molar-refractivity contribution in [2.45, 2.75) is 19.4 Å². The van der Waals surface area contributed by atoms with E-state index in [4.69, 9.17) is 10.5 Å². The Kier molecular flexibility index (Phi) is 6.36. The number of nitrogen functional groups attached to an aromatic ring is 1. The second-order valence-corrected chi connectivity index (χ2v) is 6.30. The highest BCUT2D eigenvalue weighted by molar-refractivity contribution is 5.96. The summed E-state index contributed by atoms with van der Waals surface area (Å²) in [6.07, 6.45) is 0.880. The number of rotatable bonds is 7. The highest BCUT2D eigenvalue weighted by Gasteiger charge is 2.19. The van der Waals surface area contributed by atoms with Crippen LogP contribution in [0.25, 0.3) is 11.3 Å². The number of anilines is 2. The lowest BCUT2D eigenvalue weighted by molar-refractivity contribution is -0.124. The van der Waals surface area contributed by atoms with Crippen LogP contribution in [0.1, 0.15) is 25.0 Å². The van der Waals surface area contributed by atoms with Gasteiger partial charge < -0.3 is 20.9 Å². The Balaban J connectivity index is 1.85. The topological polar surface area (TPSA) is 110 Å². The highest BCUT2D eigenvalue weighted by atomic mass is 19.1. The summed E-state index contributed by atoms with van der Waals surface area (Å²) in [5.41, 5.74) is 7.68. The third-order valence-corrected chi connectivity index (χ3v) is 4.11. The normalized spacial score (nSPS) is 11.7. The van der Waals surface area contributed by atoms with Gasteiger partial charge in [0.2, 0.25) is 5.95 Å². The largest absolute Gasteiger partial charge is 0.491 e. The maximum atomic E-state index is 13.1. The second-order valence-electron chi connectivity index (χ2n) is 6.30. The summed E-state index contributed by atoms with van der Waals surface area (Å²) >= 11 is 0. The summed E-state index contributed by atoms with van der Waals surface area (Å²) in [5.74, 6) is -0.519. The quantitative estimate of drug-likeness (QED) is 0.565. The van der Waals surface area contributed by atoms with E-state index in [1.165, 1.54) is 24.3 Å². The Hall–Kier alpha value is -3.52. The number of aliphatic hydroxyl groups excluding tert-OH is 1. The Morgan fingerprint density at radius 1 is 1.24 bits per heavy atom. The first-order chi connectivity index (χ1) is 14.0. The number of amides is 1. The van der Waals surface area contributed by atoms with Crippen LogP contribution in [0, 0.1) is 5.82 Å². The minimum absolute atomic E-state index is 0.151. The molecule has 0 aliphatic carbocycles. The van der Waals surface area contributed by atoms with Crippen LogP contribution in [0.15, 0.2) is 54.7 Å². The molecule has 0 aliphatic rings. The van der Waals surface area contributed by atoms with Crippen LogP contribution in [0.2, 0.25) is 0 Å². The number of carbonyl (C=O) groups excluding carboxylic acids is 1. The van der Waals surface area contributed by atoms with E-state index in [0.29, 0.717) is 23.7 Å². The van der Waals surface area contributed by atoms with Gasteiger partial charge in [-0.3, -0.25) is 4.79 Å². The molecule has 0 saturated heterocycles. The number of halogens is 1. The van der Waals surface area contributed by atoms with Gasteiger partial charge in [0.1, 0.15) is 11.6 Å². The van der Waals surface area contributed by atoms with Gasteiger partial charge in [0.25, 0.3) is 5.91 Å². The smallest absolute Gasteiger partial charge is 0.257 e. The molecule has 0 spiro atoms. The molecule has 150 valence electrons. The molecule has 0 saturated carbocycles. The number of hydrogen-bond acceptors (Lipinski definition) is 6. The molecule has 2 aromatic carbocycles. The van der Waals surface area contributed by atoms with Crippen LogP contribution in [0.3, 0.4) is 0 Å². The molecule has 7 nitrogen and oxygen atoms in total. The van der Waals surface area contributed by atoms with Gasteiger partial charge in [-0.25, -0.2) is 14.4 Å². The van der Waals surface area contributed by atoms with Crippen molar-refractivity contribution in [3.63, 3.8) is 0 Å². The summed E-state index contributed by atoms with van der Waals surface area (Å²) in [6.45, 7) is 2.41. The van der Waals surface area contributed by atoms with Gasteiger partial charge in [-0.05, 0) is 42.3 Å². The third-order valence-electron chi connectivity index (χ3n) is 4.11. The van der Waals surface area contributed by atoms with Crippen molar-refractivity contribution in [3.8, 4) is 17.0 Å². The van der Waals surface area contributed by atoms with Crippen molar-refractivity contribution in [2.24, 2.45) is 0 Å². The van der Waals surface area contributed by atoms with Crippen LogP contribution < -0.4 is 15.8 Å². The number of aromatic nitrogens is 2. The summed E-state index contributed by atoms with van der Waals surface area (Å²) in [7, 11) is 0. The van der Waals surface area contributed by atoms with Crippen molar-refractivity contribution in [2.75, 3.05) is 17.7 Å². The predicted octanol–water partition coefficient (Wildman–Crippen LogP) is 3.33. The molecule has 0 bridgehead atoms. The average molecular weight is 396 g/mol. The molecule has 1 aromatic heterocycles. The number of hydrogen-bond donors (Lipinski definition) is 3. The Labute approximate surface area is 167 Å². The van der Waals surface area contributed by atoms with Gasteiger partial charge in [-0.2, -0.15) is 0 Å². The van der Waals surface area contributed by atoms with Crippen molar-refractivity contribution in [1.29, 1.82) is 0 Å². The lowest BCUT2D eigenvalue weighted by Crippen LogP contribution is -2.21. The molecule has 0 fully saturated rings. The Morgan fingerprint density at radius 3 is 2.69 bits per heavy atom. The number of nitrogens with two attached hydrogens (primary N) is 1. The minimum Gasteiger partial charge on any atom is -0.491 e. The van der Waals surface area contributed by atoms with Gasteiger partial charge in [0.15, 0.2) is 6.10 Å². The molecule has 1 atom stereocenters. The van der Waals surface area contributed by atoms with Gasteiger partial charge in [0, 0.05) is 11.8 Å². The van der Waals surface area contributed by atoms with Crippen LogP contribution in [0.5, 0.6) is 5.75 Å². The zero-order chi connectivity index (χ0) is 20.8. The molecule has 1 heterocycles. The maximum absolute atomic E-state index is 13.1. The minimum atomic E-state index is -1.45. The highest BCUT2D eigenvalue weighted by Crippen LogP contribution is 2.31. The van der Waals surface area contributed by atoms with E-state index in [1.807, 2.05) is 6.92 Å². The third kappa shape index (κ3) is 5.05. The van der Waals surface area contributed by atoms with E-state index < -0.39 is 17.8 Å². The molecule has 0 aliphatic heterocycles. The van der Waals surface area contributed by atoms with Gasteiger partial charge in [-0.15, -0.1) is 0 Å². The number of carbonyl (C=O) groups is 1. The fourth-order valence-corrected chi connectivity index (χ4v) is 2.65. The van der Waals surface area contributed by atoms with Crippen LogP contribution in [0.4, 0.5) is 16.0 Å². The fraction of sp³-hybridized carbons (Fsp3) is 0.190. The molecule has 8 heteroatoms. The van der Waals surface area contributed by atoms with E-state index in [9.17, 15) is 14.3 Å². The average Bonchev–Trinajstić information content (AvgIpc) is 2.73. The lowest BCUT2D eigenvalue weighted by atomic mass is 10.1. The number of nitrogens with one attached hydrogen (secondary N) is 1. The first-order valence-electron chi connectivity index (χ1n) is 9.08. The molecule has 3 aromatic rings. The van der Waals surface area contributed by atoms with E-state index in [2.05, 4.69) is 15.3 Å². The van der Waals surface area contributed by atoms with Gasteiger partial charge in [-0.1, -0.05) is 25.1 Å². The van der Waals surface area contributed by atoms with Gasteiger partial charge in [0.05, 0.1) is 18.0 Å². The first kappa shape index (κ1) is 20.2. The zero-order valence-electron chi connectivity index (χ0n) is 15.8. The predicted molar refractivity (Wildman–Crippen MR) is 108 cm³/mol.